The summed E-state index contributed by atoms with van der Waals surface area (Å²) < 4.78 is 19.1. The van der Waals surface area contributed by atoms with Crippen molar-refractivity contribution in [1.29, 1.82) is 0 Å². The van der Waals surface area contributed by atoms with Gasteiger partial charge in [0.15, 0.2) is 5.82 Å². The lowest BCUT2D eigenvalue weighted by Crippen LogP contribution is -2.32. The molecular formula is C18H14FNO3. The van der Waals surface area contributed by atoms with Crippen molar-refractivity contribution in [3.05, 3.63) is 65.5 Å². The molecule has 0 bridgehead atoms. The Morgan fingerprint density at radius 2 is 1.87 bits per heavy atom. The number of hydrogen-bond acceptors (Lipinski definition) is 3. The highest BCUT2D eigenvalue weighted by molar-refractivity contribution is 6.07. The Hall–Kier alpha value is -3.13. The summed E-state index contributed by atoms with van der Waals surface area (Å²) in [6.45, 7) is -0.130. The highest BCUT2D eigenvalue weighted by Gasteiger charge is 2.23. The molecule has 0 fully saturated rings. The van der Waals surface area contributed by atoms with E-state index >= 15 is 0 Å². The molecule has 0 aliphatic rings. The molecule has 0 N–H and O–H groups in total. The fraction of sp³-hybridized carbons (Fsp3) is 0.111. The molecule has 2 aromatic carbocycles. The molecule has 23 heavy (non-hydrogen) atoms. The molecule has 0 unspecified atom stereocenters. The Bertz CT molecular complexity index is 766. The van der Waals surface area contributed by atoms with Gasteiger partial charge in [0, 0.05) is 5.56 Å². The van der Waals surface area contributed by atoms with Crippen LogP contribution in [0.4, 0.5) is 10.1 Å². The van der Waals surface area contributed by atoms with Crippen molar-refractivity contribution in [1.82, 2.24) is 0 Å². The molecule has 0 heterocycles. The van der Waals surface area contributed by atoms with Gasteiger partial charge in [0.1, 0.15) is 0 Å². The zero-order chi connectivity index (χ0) is 16.8. The normalized spacial score (nSPS) is 9.78. The molecule has 0 spiro atoms. The van der Waals surface area contributed by atoms with Crippen LogP contribution in [0.25, 0.3) is 0 Å². The number of esters is 1. The molecule has 2 rings (SSSR count). The molecule has 5 heteroatoms. The van der Waals surface area contributed by atoms with E-state index in [2.05, 4.69) is 10.7 Å². The molecule has 1 amide bonds. The first-order valence-electron chi connectivity index (χ1n) is 6.77. The number of carbonyl (C=O) groups is 2. The summed E-state index contributed by atoms with van der Waals surface area (Å²) in [4.78, 5) is 25.3. The maximum absolute atomic E-state index is 14.6. The minimum Gasteiger partial charge on any atom is -0.465 e. The Morgan fingerprint density at radius 3 is 2.48 bits per heavy atom. The summed E-state index contributed by atoms with van der Waals surface area (Å²) in [5.74, 6) is 0.205. The number of carbonyl (C=O) groups excluding carboxylic acids is 2. The van der Waals surface area contributed by atoms with Crippen LogP contribution in [0.1, 0.15) is 20.7 Å². The van der Waals surface area contributed by atoms with Gasteiger partial charge in [0.2, 0.25) is 0 Å². The molecule has 0 saturated carbocycles. The second-order valence-corrected chi connectivity index (χ2v) is 4.59. The average Bonchev–Trinajstić information content (AvgIpc) is 2.60. The quantitative estimate of drug-likeness (QED) is 0.644. The maximum atomic E-state index is 14.6. The molecule has 0 aliphatic carbocycles. The number of hydrogen-bond donors (Lipinski definition) is 0. The van der Waals surface area contributed by atoms with Gasteiger partial charge in [-0.05, 0) is 24.3 Å². The van der Waals surface area contributed by atoms with Crippen LogP contribution in [0.3, 0.4) is 0 Å². The van der Waals surface area contributed by atoms with Crippen LogP contribution in [0, 0.1) is 18.2 Å². The Kier molecular flexibility index (Phi) is 5.11. The largest absolute Gasteiger partial charge is 0.465 e. The molecule has 0 radical (unpaired) electrons. The molecule has 4 nitrogen and oxygen atoms in total. The van der Waals surface area contributed by atoms with Gasteiger partial charge in [-0.3, -0.25) is 9.69 Å². The van der Waals surface area contributed by atoms with Gasteiger partial charge in [-0.1, -0.05) is 30.2 Å². The second-order valence-electron chi connectivity index (χ2n) is 4.59. The van der Waals surface area contributed by atoms with Gasteiger partial charge in [0.05, 0.1) is 24.9 Å². The Balaban J connectivity index is 2.49. The van der Waals surface area contributed by atoms with E-state index < -0.39 is 17.7 Å². The smallest absolute Gasteiger partial charge is 0.340 e. The number of benzene rings is 2. The highest BCUT2D eigenvalue weighted by Crippen LogP contribution is 2.24. The van der Waals surface area contributed by atoms with Gasteiger partial charge in [-0.25, -0.2) is 9.18 Å². The number of halogens is 1. The second kappa shape index (κ2) is 7.23. The third-order valence-corrected chi connectivity index (χ3v) is 3.19. The SMILES string of the molecule is C#CCN(C(=O)c1ccccc1)c1cccc(C(=O)OC)c1F. The Labute approximate surface area is 133 Å². The van der Waals surface area contributed by atoms with Gasteiger partial charge in [0.25, 0.3) is 5.91 Å². The molecule has 0 atom stereocenters. The number of terminal acetylenes is 1. The number of rotatable bonds is 4. The van der Waals surface area contributed by atoms with Crippen LogP contribution in [-0.2, 0) is 4.74 Å². The van der Waals surface area contributed by atoms with Crippen molar-refractivity contribution in [2.24, 2.45) is 0 Å². The number of nitrogens with zero attached hydrogens (tertiary/aromatic N) is 1. The van der Waals surface area contributed by atoms with E-state index in [1.165, 1.54) is 18.2 Å². The Morgan fingerprint density at radius 1 is 1.17 bits per heavy atom. The zero-order valence-corrected chi connectivity index (χ0v) is 12.5. The molecule has 0 aliphatic heterocycles. The third kappa shape index (κ3) is 3.38. The first-order chi connectivity index (χ1) is 11.1. The van der Waals surface area contributed by atoms with Crippen LogP contribution in [0.5, 0.6) is 0 Å². The predicted octanol–water partition coefficient (Wildman–Crippen LogP) is 2.89. The third-order valence-electron chi connectivity index (χ3n) is 3.19. The summed E-state index contributed by atoms with van der Waals surface area (Å²) in [5.41, 5.74) is 0.0400. The van der Waals surface area contributed by atoms with E-state index in [1.54, 1.807) is 30.3 Å². The summed E-state index contributed by atoms with van der Waals surface area (Å²) in [6.07, 6.45) is 5.30. The van der Waals surface area contributed by atoms with Gasteiger partial charge in [-0.15, -0.1) is 6.42 Å². The first kappa shape index (κ1) is 16.2. The van der Waals surface area contributed by atoms with E-state index in [-0.39, 0.29) is 17.8 Å². The van der Waals surface area contributed by atoms with Crippen LogP contribution in [-0.4, -0.2) is 25.5 Å². The lowest BCUT2D eigenvalue weighted by atomic mass is 10.1. The summed E-state index contributed by atoms with van der Waals surface area (Å²) in [5, 5.41) is 0. The predicted molar refractivity (Wildman–Crippen MR) is 84.7 cm³/mol. The minimum atomic E-state index is -0.848. The number of methoxy groups -OCH3 is 1. The van der Waals surface area contributed by atoms with Crippen LogP contribution < -0.4 is 4.90 Å². The molecule has 0 aromatic heterocycles. The van der Waals surface area contributed by atoms with E-state index in [4.69, 9.17) is 6.42 Å². The van der Waals surface area contributed by atoms with Gasteiger partial charge in [-0.2, -0.15) is 0 Å². The van der Waals surface area contributed by atoms with Crippen molar-refractivity contribution >= 4 is 17.6 Å². The molecule has 0 saturated heterocycles. The molecular weight excluding hydrogens is 297 g/mol. The fourth-order valence-electron chi connectivity index (χ4n) is 2.09. The van der Waals surface area contributed by atoms with E-state index in [0.29, 0.717) is 5.56 Å². The van der Waals surface area contributed by atoms with Crippen LogP contribution in [0.2, 0.25) is 0 Å². The van der Waals surface area contributed by atoms with Gasteiger partial charge < -0.3 is 4.74 Å². The van der Waals surface area contributed by atoms with E-state index in [9.17, 15) is 14.0 Å². The lowest BCUT2D eigenvalue weighted by molar-refractivity contribution is 0.0595. The van der Waals surface area contributed by atoms with Crippen LogP contribution >= 0.6 is 0 Å². The summed E-state index contributed by atoms with van der Waals surface area (Å²) in [6, 6.07) is 12.5. The lowest BCUT2D eigenvalue weighted by Gasteiger charge is -2.21. The first-order valence-corrected chi connectivity index (χ1v) is 6.77. The highest BCUT2D eigenvalue weighted by atomic mass is 19.1. The molecule has 116 valence electrons. The van der Waals surface area contributed by atoms with Crippen molar-refractivity contribution in [2.75, 3.05) is 18.6 Å². The molecule has 2 aromatic rings. The average molecular weight is 311 g/mol. The summed E-state index contributed by atoms with van der Waals surface area (Å²) in [7, 11) is 1.16. The van der Waals surface area contributed by atoms with Crippen molar-refractivity contribution < 1.29 is 18.7 Å². The monoisotopic (exact) mass is 311 g/mol. The number of ether oxygens (including phenoxy) is 1. The number of amides is 1. The van der Waals surface area contributed by atoms with E-state index in [1.807, 2.05) is 0 Å². The minimum absolute atomic E-state index is 0.0697. The summed E-state index contributed by atoms with van der Waals surface area (Å²) >= 11 is 0. The zero-order valence-electron chi connectivity index (χ0n) is 12.5. The number of anilines is 1. The van der Waals surface area contributed by atoms with Crippen molar-refractivity contribution in [3.63, 3.8) is 0 Å². The van der Waals surface area contributed by atoms with Crippen LogP contribution in [0.15, 0.2) is 48.5 Å². The van der Waals surface area contributed by atoms with Crippen molar-refractivity contribution in [3.8, 4) is 12.3 Å². The van der Waals surface area contributed by atoms with E-state index in [0.717, 1.165) is 12.0 Å². The fourth-order valence-corrected chi connectivity index (χ4v) is 2.09. The standard InChI is InChI=1S/C18H14FNO3/c1-3-12-20(17(21)13-8-5-4-6-9-13)15-11-7-10-14(16(15)19)18(22)23-2/h1,4-11H,12H2,2H3. The topological polar surface area (TPSA) is 46.6 Å². The maximum Gasteiger partial charge on any atom is 0.340 e. The van der Waals surface area contributed by atoms with Crippen molar-refractivity contribution in [2.45, 2.75) is 0 Å². The van der Waals surface area contributed by atoms with Gasteiger partial charge >= 0.3 is 5.97 Å².